The van der Waals surface area contributed by atoms with Gasteiger partial charge in [-0.3, -0.25) is 4.99 Å². The van der Waals surface area contributed by atoms with Crippen LogP contribution in [-0.2, 0) is 9.84 Å². The average molecular weight is 477 g/mol. The van der Waals surface area contributed by atoms with Crippen molar-refractivity contribution in [3.63, 3.8) is 0 Å². The first kappa shape index (κ1) is 22.0. The molecule has 0 heterocycles. The maximum atomic E-state index is 12.6. The van der Waals surface area contributed by atoms with Crippen LogP contribution in [0.1, 0.15) is 33.1 Å². The van der Waals surface area contributed by atoms with Crippen LogP contribution in [0, 0.1) is 0 Å². The molecule has 1 aliphatic carbocycles. The first-order chi connectivity index (χ1) is 11.5. The van der Waals surface area contributed by atoms with E-state index in [1.54, 1.807) is 24.3 Å². The van der Waals surface area contributed by atoms with Gasteiger partial charge in [-0.2, -0.15) is 0 Å². The van der Waals surface area contributed by atoms with Crippen LogP contribution in [0.4, 0.5) is 0 Å². The molecule has 0 spiro atoms. The lowest BCUT2D eigenvalue weighted by Crippen LogP contribution is -2.48. The second-order valence-corrected chi connectivity index (χ2v) is 7.99. The molecule has 1 aromatic rings. The zero-order valence-corrected chi connectivity index (χ0v) is 18.0. The van der Waals surface area contributed by atoms with E-state index in [2.05, 4.69) is 27.8 Å². The van der Waals surface area contributed by atoms with Crippen LogP contribution < -0.4 is 10.6 Å². The van der Waals surface area contributed by atoms with Gasteiger partial charge in [0, 0.05) is 18.6 Å². The molecule has 0 aromatic heterocycles. The van der Waals surface area contributed by atoms with E-state index in [0.29, 0.717) is 29.9 Å². The van der Waals surface area contributed by atoms with Crippen LogP contribution >= 0.6 is 24.0 Å². The molecule has 140 valence electrons. The molecule has 7 heteroatoms. The third kappa shape index (κ3) is 6.97. The molecular weight excluding hydrogens is 449 g/mol. The number of hydrogen-bond acceptors (Lipinski definition) is 3. The molecule has 0 fully saturated rings. The lowest BCUT2D eigenvalue weighted by molar-refractivity contribution is 0.560. The van der Waals surface area contributed by atoms with Crippen molar-refractivity contribution in [3.05, 3.63) is 42.5 Å². The number of rotatable bonds is 7. The topological polar surface area (TPSA) is 70.6 Å². The number of aliphatic imine (C=N–C) groups is 1. The van der Waals surface area contributed by atoms with Crippen LogP contribution in [0.5, 0.6) is 0 Å². The quantitative estimate of drug-likeness (QED) is 0.274. The molecule has 0 aliphatic heterocycles. The van der Waals surface area contributed by atoms with E-state index in [1.165, 1.54) is 0 Å². The van der Waals surface area contributed by atoms with Crippen LogP contribution in [0.3, 0.4) is 0 Å². The minimum absolute atomic E-state index is 0. The van der Waals surface area contributed by atoms with Crippen molar-refractivity contribution in [2.24, 2.45) is 4.99 Å². The summed E-state index contributed by atoms with van der Waals surface area (Å²) in [5.41, 5.74) is 0. The SMILES string of the molecule is CCN=C(NC1CC=CC1)NC(CC)CS(=O)(=O)c1ccccc1.I. The number of benzene rings is 1. The van der Waals surface area contributed by atoms with Crippen molar-refractivity contribution in [3.8, 4) is 0 Å². The average Bonchev–Trinajstić information content (AvgIpc) is 3.08. The summed E-state index contributed by atoms with van der Waals surface area (Å²) < 4.78 is 25.2. The summed E-state index contributed by atoms with van der Waals surface area (Å²) in [6.07, 6.45) is 6.96. The maximum Gasteiger partial charge on any atom is 0.191 e. The molecule has 0 radical (unpaired) electrons. The highest BCUT2D eigenvalue weighted by molar-refractivity contribution is 14.0. The Labute approximate surface area is 168 Å². The smallest absolute Gasteiger partial charge is 0.191 e. The van der Waals surface area contributed by atoms with E-state index in [4.69, 9.17) is 0 Å². The third-order valence-electron chi connectivity index (χ3n) is 4.02. The zero-order chi connectivity index (χ0) is 17.4. The zero-order valence-electron chi connectivity index (χ0n) is 14.8. The van der Waals surface area contributed by atoms with Crippen LogP contribution in [0.15, 0.2) is 52.4 Å². The summed E-state index contributed by atoms with van der Waals surface area (Å²) in [7, 11) is -3.32. The van der Waals surface area contributed by atoms with Crippen molar-refractivity contribution < 1.29 is 8.42 Å². The number of sulfone groups is 1. The van der Waals surface area contributed by atoms with Crippen molar-refractivity contribution >= 4 is 39.8 Å². The van der Waals surface area contributed by atoms with E-state index in [-0.39, 0.29) is 35.8 Å². The number of halogens is 1. The molecule has 0 amide bonds. The normalized spacial score (nSPS) is 16.3. The Bertz CT molecular complexity index is 667. The van der Waals surface area contributed by atoms with Crippen molar-refractivity contribution in [1.82, 2.24) is 10.6 Å². The molecule has 1 unspecified atom stereocenters. The Morgan fingerprint density at radius 2 is 1.84 bits per heavy atom. The van der Waals surface area contributed by atoms with Crippen LogP contribution in [0.25, 0.3) is 0 Å². The van der Waals surface area contributed by atoms with Gasteiger partial charge in [-0.25, -0.2) is 8.42 Å². The molecule has 5 nitrogen and oxygen atoms in total. The monoisotopic (exact) mass is 477 g/mol. The Balaban J connectivity index is 0.00000312. The summed E-state index contributed by atoms with van der Waals surface area (Å²) in [5, 5.41) is 6.68. The summed E-state index contributed by atoms with van der Waals surface area (Å²) in [6, 6.07) is 8.77. The molecule has 1 atom stereocenters. The van der Waals surface area contributed by atoms with Crippen LogP contribution in [-0.4, -0.2) is 38.8 Å². The molecule has 0 bridgehead atoms. The fraction of sp³-hybridized carbons (Fsp3) is 0.500. The standard InChI is InChI=1S/C18H27N3O2S.HI/c1-3-15(14-24(22,23)17-12-6-5-7-13-17)20-18(19-4-2)21-16-10-8-9-11-16;/h5-9,12-13,15-16H,3-4,10-11,14H2,1-2H3,(H2,19,20,21);1H. The second kappa shape index (κ2) is 10.8. The molecule has 25 heavy (non-hydrogen) atoms. The molecule has 0 saturated carbocycles. The van der Waals surface area contributed by atoms with Gasteiger partial charge in [-0.05, 0) is 38.3 Å². The van der Waals surface area contributed by atoms with Gasteiger partial charge < -0.3 is 10.6 Å². The van der Waals surface area contributed by atoms with Crippen molar-refractivity contribution in [1.29, 1.82) is 0 Å². The molecule has 1 aromatic carbocycles. The van der Waals surface area contributed by atoms with Gasteiger partial charge in [0.05, 0.1) is 10.6 Å². The van der Waals surface area contributed by atoms with Gasteiger partial charge >= 0.3 is 0 Å². The van der Waals surface area contributed by atoms with Gasteiger partial charge in [0.25, 0.3) is 0 Å². The minimum Gasteiger partial charge on any atom is -0.353 e. The molecular formula is C18H28IN3O2S. The highest BCUT2D eigenvalue weighted by atomic mass is 127. The fourth-order valence-corrected chi connectivity index (χ4v) is 4.28. The van der Waals surface area contributed by atoms with E-state index >= 15 is 0 Å². The third-order valence-corrected chi connectivity index (χ3v) is 5.85. The first-order valence-corrected chi connectivity index (χ1v) is 10.2. The van der Waals surface area contributed by atoms with E-state index < -0.39 is 9.84 Å². The predicted molar refractivity (Wildman–Crippen MR) is 114 cm³/mol. The van der Waals surface area contributed by atoms with E-state index in [1.807, 2.05) is 19.9 Å². The largest absolute Gasteiger partial charge is 0.353 e. The highest BCUT2D eigenvalue weighted by Crippen LogP contribution is 2.13. The first-order valence-electron chi connectivity index (χ1n) is 8.55. The lowest BCUT2D eigenvalue weighted by atomic mass is 10.2. The molecule has 2 rings (SSSR count). The highest BCUT2D eigenvalue weighted by Gasteiger charge is 2.22. The Kier molecular flexibility index (Phi) is 9.48. The van der Waals surface area contributed by atoms with Crippen molar-refractivity contribution in [2.45, 2.75) is 50.1 Å². The molecule has 2 N–H and O–H groups in total. The Morgan fingerprint density at radius 3 is 2.40 bits per heavy atom. The Hall–Kier alpha value is -1.09. The number of guanidine groups is 1. The number of nitrogens with one attached hydrogen (secondary N) is 2. The van der Waals surface area contributed by atoms with Gasteiger partial charge in [0.15, 0.2) is 15.8 Å². The maximum absolute atomic E-state index is 12.6. The second-order valence-electron chi connectivity index (χ2n) is 5.95. The predicted octanol–water partition coefficient (Wildman–Crippen LogP) is 3.13. The summed E-state index contributed by atoms with van der Waals surface area (Å²) >= 11 is 0. The summed E-state index contributed by atoms with van der Waals surface area (Å²) in [6.45, 7) is 4.61. The number of hydrogen-bond donors (Lipinski definition) is 2. The lowest BCUT2D eigenvalue weighted by Gasteiger charge is -2.23. The molecule has 1 aliphatic rings. The van der Waals surface area contributed by atoms with Gasteiger partial charge in [0.2, 0.25) is 0 Å². The van der Waals surface area contributed by atoms with E-state index in [0.717, 1.165) is 12.8 Å². The van der Waals surface area contributed by atoms with Gasteiger partial charge in [-0.1, -0.05) is 37.3 Å². The Morgan fingerprint density at radius 1 is 1.20 bits per heavy atom. The summed E-state index contributed by atoms with van der Waals surface area (Å²) in [4.78, 5) is 4.82. The van der Waals surface area contributed by atoms with Crippen LogP contribution in [0.2, 0.25) is 0 Å². The number of nitrogens with zero attached hydrogens (tertiary/aromatic N) is 1. The summed E-state index contributed by atoms with van der Waals surface area (Å²) in [5.74, 6) is 0.752. The minimum atomic E-state index is -3.32. The van der Waals surface area contributed by atoms with Gasteiger partial charge in [-0.15, -0.1) is 24.0 Å². The fourth-order valence-electron chi connectivity index (χ4n) is 2.66. The molecule has 0 saturated heterocycles. The van der Waals surface area contributed by atoms with E-state index in [9.17, 15) is 8.42 Å². The van der Waals surface area contributed by atoms with Crippen molar-refractivity contribution in [2.75, 3.05) is 12.3 Å². The van der Waals surface area contributed by atoms with Gasteiger partial charge in [0.1, 0.15) is 0 Å².